The summed E-state index contributed by atoms with van der Waals surface area (Å²) in [6, 6.07) is -2.61. The number of hydrogen-bond acceptors (Lipinski definition) is 30. The van der Waals surface area contributed by atoms with Crippen LogP contribution in [0.4, 0.5) is 19.2 Å². The molecular weight excluding hydrogens is 1900 g/mol. The number of alkyl halides is 2. The van der Waals surface area contributed by atoms with E-state index in [0.717, 1.165) is 96.3 Å². The van der Waals surface area contributed by atoms with Crippen LogP contribution < -0.4 is 60.2 Å². The number of halogens is 3. The van der Waals surface area contributed by atoms with Gasteiger partial charge in [-0.05, 0) is 250 Å². The van der Waals surface area contributed by atoms with Gasteiger partial charge in [-0.25, -0.2) is 19.2 Å². The summed E-state index contributed by atoms with van der Waals surface area (Å²) in [5.74, 6) is -1.02. The van der Waals surface area contributed by atoms with Gasteiger partial charge in [0.1, 0.15) is 52.6 Å². The van der Waals surface area contributed by atoms with Crippen molar-refractivity contribution >= 4 is 156 Å². The standard InChI is InChI=1S/C24H42N2O4S2.C22H36N2O5S.C20H33ClN2O4.C16H31NO4S2.C6H13ClN2O2.C6H14N2O2.CH4.ClH/c1-22(2,3)30-21(28)25-14-13-18(31-32-23(4,5)6)15-19-20(27)29-24(26-19)16-9-7-10-17(24)12-8-11-16;1-14(25)30-17(11-12-23-20(27)29-21(2,3)4)13-18-19(26)28-22(24-18)15-7-5-8-16(22)10-6-9-15;1-19(2,3)27-18(25)22-11-10-15(21)12-16-17(24)26-20(23-16)13-6-4-7-14(20)9-5-8-13;1-11(13(18)19)10-12(22-23-16(5,6)7)8-9-17-14(20)21-15(2,3)4;7-4(1-2-8)3-5(9)6(10)11;7-4-2-1-3-5(8)6(9)10;;/h16-19,26H,7-15H2,1-6H3,(H,25,28);15-18,24H,5-13H2,1-4H3,(H,23,27);13-16,23H,4-12H2,1-3H3,(H,22,25);11-12H,8-10H2,1-7H3,(H,17,20)(H,18,19);4-5H,1-3,8-9H2,(H,10,11);5H,1-4,7-8H2,(H,9,10);1H4;1H/t16?,17?,18?,19-,24?;15?,16?,17?,18-,22?;13?,14?,15?,16-,20?;11-,12?;4?,5-;5-;;/m000000../s1. The van der Waals surface area contributed by atoms with Gasteiger partial charge >= 0.3 is 60.2 Å². The number of esters is 3. The minimum atomic E-state index is -1.02. The highest BCUT2D eigenvalue weighted by Crippen LogP contribution is 2.54. The summed E-state index contributed by atoms with van der Waals surface area (Å²) in [6.07, 6.45) is 27.2. The minimum Gasteiger partial charge on any atom is -0.481 e. The Morgan fingerprint density at radius 1 is 0.422 bits per heavy atom. The summed E-state index contributed by atoms with van der Waals surface area (Å²) in [7, 11) is 7.09. The van der Waals surface area contributed by atoms with Gasteiger partial charge in [0.2, 0.25) is 0 Å². The molecule has 3 spiro atoms. The number of alkyl carbamates (subject to hydrolysis) is 4. The molecule has 3 heterocycles. The molecule has 3 saturated heterocycles. The largest absolute Gasteiger partial charge is 0.481 e. The first-order chi connectivity index (χ1) is 61.7. The normalized spacial score (nSPS) is 26.1. The molecule has 40 heteroatoms. The highest BCUT2D eigenvalue weighted by molar-refractivity contribution is 8.77. The van der Waals surface area contributed by atoms with E-state index in [2.05, 4.69) is 78.8 Å². The van der Waals surface area contributed by atoms with Crippen LogP contribution >= 0.6 is 90.5 Å². The SMILES string of the molecule is C.CC(=O)SC(CCNC(=O)OC(C)(C)C)C[C@@H]1NC2(OC1=O)C1CCCC2CCC1.CC(C)(C)OC(=O)NCCC(C[C@@H]1NC2(OC1=O)C1CCCC2CCC1)SSC(C)(C)C.CC(C)(C)OC(=O)NCCC(Cl)C[C@@H]1NC2(OC1=O)C1CCCC2CCC1.C[C@@H](CC(CCNC(=O)OC(C)(C)C)SSC(C)(C)C)C(=O)O.Cl.NCCC(Cl)C[C@H](N)C(=O)O.NCCCC[C@H](N)C(=O)O. The van der Waals surface area contributed by atoms with Crippen LogP contribution in [0.5, 0.6) is 0 Å². The summed E-state index contributed by atoms with van der Waals surface area (Å²) in [6.45, 7) is 41.0. The first kappa shape index (κ1) is 127. The summed E-state index contributed by atoms with van der Waals surface area (Å²) in [5.41, 5.74) is 17.4. The zero-order chi connectivity index (χ0) is 100. The molecule has 0 aromatic heterocycles. The number of ether oxygens (including phenoxy) is 7. The van der Waals surface area contributed by atoms with Crippen molar-refractivity contribution in [2.75, 3.05) is 39.3 Å². The quantitative estimate of drug-likeness (QED) is 0.00911. The molecule has 6 saturated carbocycles. The minimum absolute atomic E-state index is 0. The zero-order valence-electron chi connectivity index (χ0n) is 83.7. The van der Waals surface area contributed by atoms with Crippen molar-refractivity contribution in [3.63, 3.8) is 0 Å². The predicted molar refractivity (Wildman–Crippen MR) is 547 cm³/mol. The zero-order valence-corrected chi connectivity index (χ0v) is 90.1. The number of rotatable bonds is 36. The van der Waals surface area contributed by atoms with Gasteiger partial charge in [0.15, 0.2) is 22.3 Å². The third kappa shape index (κ3) is 48.2. The lowest BCUT2D eigenvalue weighted by Crippen LogP contribution is -2.59. The van der Waals surface area contributed by atoms with E-state index in [1.165, 1.54) is 57.2 Å². The van der Waals surface area contributed by atoms with Gasteiger partial charge in [-0.2, -0.15) is 0 Å². The van der Waals surface area contributed by atoms with Crippen LogP contribution in [-0.4, -0.2) is 226 Å². The summed E-state index contributed by atoms with van der Waals surface area (Å²) < 4.78 is 39.4. The molecule has 6 bridgehead atoms. The van der Waals surface area contributed by atoms with Crippen molar-refractivity contribution in [2.45, 2.75) is 451 Å². The summed E-state index contributed by atoms with van der Waals surface area (Å²) in [4.78, 5) is 129. The van der Waals surface area contributed by atoms with Crippen LogP contribution in [0, 0.1) is 41.4 Å². The number of unbranched alkanes of at least 4 members (excludes halogenated alkanes) is 1. The molecule has 6 aliphatic carbocycles. The fourth-order valence-corrected chi connectivity index (χ4v) is 25.3. The Morgan fingerprint density at radius 3 is 1.01 bits per heavy atom. The lowest BCUT2D eigenvalue weighted by Gasteiger charge is -2.49. The molecule has 0 aromatic carbocycles. The van der Waals surface area contributed by atoms with Gasteiger partial charge in [0, 0.05) is 105 Å². The molecule has 4 amide bonds. The number of nitrogens with one attached hydrogen (secondary N) is 7. The van der Waals surface area contributed by atoms with Crippen LogP contribution in [0.25, 0.3) is 0 Å². The van der Waals surface area contributed by atoms with E-state index in [-0.39, 0.29) is 97.4 Å². The molecule has 9 fully saturated rings. The van der Waals surface area contributed by atoms with Crippen LogP contribution in [0.15, 0.2) is 0 Å². The number of thioether (sulfide) groups is 1. The third-order valence-electron chi connectivity index (χ3n) is 24.0. The van der Waals surface area contributed by atoms with Crippen molar-refractivity contribution < 1.29 is 101 Å². The predicted octanol–water partition coefficient (Wildman–Crippen LogP) is 18.0. The van der Waals surface area contributed by atoms with E-state index in [9.17, 15) is 52.7 Å². The Morgan fingerprint density at radius 2 is 0.719 bits per heavy atom. The number of aliphatic carboxylic acids is 3. The first-order valence-electron chi connectivity index (χ1n) is 48.3. The Bertz CT molecular complexity index is 3560. The molecule has 9 aliphatic rings. The van der Waals surface area contributed by atoms with Gasteiger partial charge < -0.3 is 92.7 Å². The smallest absolute Gasteiger partial charge is 0.407 e. The van der Waals surface area contributed by atoms with E-state index in [0.29, 0.717) is 133 Å². The second-order valence-electron chi connectivity index (χ2n) is 42.8. The fraction of sp³-hybridized carbons (Fsp3) is 0.884. The number of carboxylic acid groups (broad SMARTS) is 3. The third-order valence-corrected chi connectivity index (χ3v) is 33.7. The van der Waals surface area contributed by atoms with Gasteiger partial charge in [-0.1, -0.05) is 156 Å². The molecule has 0 aromatic rings. The topological polar surface area (TPSA) is 501 Å². The second-order valence-corrected chi connectivity index (χ2v) is 52.2. The van der Waals surface area contributed by atoms with Crippen LogP contribution in [0.3, 0.4) is 0 Å². The van der Waals surface area contributed by atoms with Gasteiger partial charge in [-0.15, -0.1) is 35.6 Å². The molecule has 11 atom stereocenters. The Labute approximate surface area is 842 Å². The molecule has 9 rings (SSSR count). The molecule has 5 unspecified atom stereocenters. The van der Waals surface area contributed by atoms with E-state index < -0.39 is 106 Å². The molecule has 0 radical (unpaired) electrons. The molecular formula is C95H174Cl3N11O21S5. The number of carbonyl (C=O) groups is 11. The van der Waals surface area contributed by atoms with E-state index >= 15 is 0 Å². The Kier molecular flexibility index (Phi) is 56.3. The molecule has 3 aliphatic heterocycles. The monoisotopic (exact) mass is 2070 g/mol. The molecule has 135 heavy (non-hydrogen) atoms. The molecule has 18 N–H and O–H groups in total. The van der Waals surface area contributed by atoms with Crippen molar-refractivity contribution in [1.82, 2.24) is 37.2 Å². The maximum atomic E-state index is 13.0. The van der Waals surface area contributed by atoms with Crippen molar-refractivity contribution in [3.05, 3.63) is 0 Å². The Balaban J connectivity index is 0.000000568. The van der Waals surface area contributed by atoms with Gasteiger partial charge in [-0.3, -0.25) is 49.5 Å². The number of hydrogen-bond donors (Lipinski definition) is 14. The number of amides is 4. The van der Waals surface area contributed by atoms with Crippen molar-refractivity contribution in [3.8, 4) is 0 Å². The maximum absolute atomic E-state index is 13.0. The lowest BCUT2D eigenvalue weighted by atomic mass is 9.65. The van der Waals surface area contributed by atoms with Crippen LogP contribution in [-0.2, 0) is 66.7 Å². The van der Waals surface area contributed by atoms with Gasteiger partial charge in [0.05, 0.1) is 5.92 Å². The molecule has 786 valence electrons. The lowest BCUT2D eigenvalue weighted by molar-refractivity contribution is -0.175. The van der Waals surface area contributed by atoms with E-state index in [1.807, 2.05) is 105 Å². The summed E-state index contributed by atoms with van der Waals surface area (Å²) in [5, 5.41) is 47.6. The average molecular weight is 2070 g/mol. The fourth-order valence-electron chi connectivity index (χ4n) is 18.2. The average Bonchev–Trinajstić information content (AvgIpc) is 1.62. The Hall–Kier alpha value is -4.09. The second kappa shape index (κ2) is 59.9. The molecule has 32 nitrogen and oxygen atoms in total. The van der Waals surface area contributed by atoms with E-state index in [1.54, 1.807) is 28.5 Å². The number of nitrogens with two attached hydrogens (primary N) is 4. The van der Waals surface area contributed by atoms with E-state index in [4.69, 9.17) is 94.6 Å². The number of carbonyl (C=O) groups excluding carboxylic acids is 8. The maximum Gasteiger partial charge on any atom is 0.407 e. The summed E-state index contributed by atoms with van der Waals surface area (Å²) >= 11 is 13.4. The number of carboxylic acids is 3. The van der Waals surface area contributed by atoms with Crippen LogP contribution in [0.2, 0.25) is 0 Å². The van der Waals surface area contributed by atoms with Crippen molar-refractivity contribution in [2.24, 2.45) is 64.4 Å². The highest BCUT2D eigenvalue weighted by atomic mass is 35.5. The van der Waals surface area contributed by atoms with Gasteiger partial charge in [0.25, 0.3) is 0 Å². The highest BCUT2D eigenvalue weighted by Gasteiger charge is 2.61. The van der Waals surface area contributed by atoms with Crippen molar-refractivity contribution in [1.29, 1.82) is 0 Å². The first-order valence-corrected chi connectivity index (χ1v) is 54.5. The van der Waals surface area contributed by atoms with Crippen LogP contribution in [0.1, 0.15) is 345 Å².